The summed E-state index contributed by atoms with van der Waals surface area (Å²) in [6.07, 6.45) is 4.16. The molecule has 11 aromatic rings. The Kier molecular flexibility index (Phi) is 7.16. The fourth-order valence-electron chi connectivity index (χ4n) is 8.76. The molecule has 0 saturated carbocycles. The van der Waals surface area contributed by atoms with E-state index in [4.69, 9.17) is 19.4 Å². The number of aryl methyl sites for hydroxylation is 1. The quantitative estimate of drug-likeness (QED) is 0.176. The van der Waals surface area contributed by atoms with Crippen molar-refractivity contribution in [3.8, 4) is 45.3 Å². The van der Waals surface area contributed by atoms with E-state index in [0.717, 1.165) is 63.1 Å². The van der Waals surface area contributed by atoms with E-state index in [0.29, 0.717) is 17.5 Å². The first kappa shape index (κ1) is 32.1. The molecule has 4 heterocycles. The summed E-state index contributed by atoms with van der Waals surface area (Å²) in [5, 5.41) is 6.21. The van der Waals surface area contributed by atoms with Gasteiger partial charge in [0.1, 0.15) is 5.58 Å². The molecule has 0 unspecified atom stereocenters. The van der Waals surface area contributed by atoms with Gasteiger partial charge in [-0.15, -0.1) is 11.3 Å². The summed E-state index contributed by atoms with van der Waals surface area (Å²) < 4.78 is 12.3. The van der Waals surface area contributed by atoms with Gasteiger partial charge in [0.25, 0.3) is 0 Å². The van der Waals surface area contributed by atoms with Crippen molar-refractivity contribution in [3.05, 3.63) is 181 Å². The first-order chi connectivity index (χ1) is 28.3. The first-order valence-electron chi connectivity index (χ1n) is 19.3. The minimum absolute atomic E-state index is 0.600. The van der Waals surface area contributed by atoms with Crippen molar-refractivity contribution in [1.82, 2.24) is 19.5 Å². The van der Waals surface area contributed by atoms with Crippen LogP contribution < -0.4 is 0 Å². The summed E-state index contributed by atoms with van der Waals surface area (Å²) in [7, 11) is 0. The van der Waals surface area contributed by atoms with Crippen LogP contribution in [0, 0.1) is 0 Å². The zero-order valence-corrected chi connectivity index (χ0v) is 31.5. The average Bonchev–Trinajstić information content (AvgIpc) is 3.95. The summed E-state index contributed by atoms with van der Waals surface area (Å²) in [5.74, 6) is 2.77. The van der Waals surface area contributed by atoms with Crippen LogP contribution in [0.3, 0.4) is 0 Å². The van der Waals surface area contributed by atoms with Crippen molar-refractivity contribution in [3.63, 3.8) is 0 Å². The van der Waals surface area contributed by atoms with Crippen molar-refractivity contribution in [2.24, 2.45) is 0 Å². The third-order valence-corrected chi connectivity index (χ3v) is 12.5. The highest BCUT2D eigenvalue weighted by Crippen LogP contribution is 2.47. The Balaban J connectivity index is 1.11. The van der Waals surface area contributed by atoms with Gasteiger partial charge in [0.2, 0.25) is 0 Å². The molecule has 1 aliphatic rings. The number of hydrogen-bond acceptors (Lipinski definition) is 5. The molecular weight excluding hydrogens is 717 g/mol. The summed E-state index contributed by atoms with van der Waals surface area (Å²) in [6.45, 7) is 0. The van der Waals surface area contributed by atoms with Crippen molar-refractivity contribution in [1.29, 1.82) is 0 Å². The normalized spacial score (nSPS) is 12.9. The summed E-state index contributed by atoms with van der Waals surface area (Å²) >= 11 is 1.86. The minimum atomic E-state index is 0.600. The van der Waals surface area contributed by atoms with Crippen molar-refractivity contribution in [2.75, 3.05) is 0 Å². The Morgan fingerprint density at radius 2 is 1.12 bits per heavy atom. The van der Waals surface area contributed by atoms with Crippen molar-refractivity contribution < 1.29 is 4.42 Å². The molecule has 5 nitrogen and oxygen atoms in total. The van der Waals surface area contributed by atoms with E-state index in [1.807, 2.05) is 72.0 Å². The van der Waals surface area contributed by atoms with Crippen LogP contribution in [0.1, 0.15) is 17.7 Å². The lowest BCUT2D eigenvalue weighted by atomic mass is 9.93. The number of aromatic nitrogens is 4. The summed E-state index contributed by atoms with van der Waals surface area (Å²) in [4.78, 5) is 15.3. The lowest BCUT2D eigenvalue weighted by Crippen LogP contribution is -2.04. The maximum Gasteiger partial charge on any atom is 0.164 e. The number of thiophene rings is 1. The number of furan rings is 1. The van der Waals surface area contributed by atoms with Crippen LogP contribution in [-0.2, 0) is 6.42 Å². The van der Waals surface area contributed by atoms with Gasteiger partial charge in [0.15, 0.2) is 23.2 Å². The van der Waals surface area contributed by atoms with Crippen LogP contribution >= 0.6 is 11.3 Å². The molecule has 0 aliphatic heterocycles. The highest BCUT2D eigenvalue weighted by Gasteiger charge is 2.28. The van der Waals surface area contributed by atoms with Crippen LogP contribution in [0.2, 0.25) is 0 Å². The molecule has 0 saturated heterocycles. The fraction of sp³-hybridized carbons (Fsp3) is 0.0392. The molecule has 0 N–H and O–H groups in total. The Labute approximate surface area is 331 Å². The Morgan fingerprint density at radius 3 is 1.86 bits per heavy atom. The summed E-state index contributed by atoms with van der Waals surface area (Å²) in [5.41, 5.74) is 10.3. The molecule has 0 amide bonds. The molecule has 0 spiro atoms. The lowest BCUT2D eigenvalue weighted by molar-refractivity contribution is 0.586. The smallest absolute Gasteiger partial charge is 0.164 e. The molecular formula is C51H32N4OS. The van der Waals surface area contributed by atoms with Gasteiger partial charge in [-0.2, -0.15) is 0 Å². The van der Waals surface area contributed by atoms with Crippen molar-refractivity contribution >= 4 is 70.0 Å². The zero-order chi connectivity index (χ0) is 37.5. The molecule has 6 heteroatoms. The van der Waals surface area contributed by atoms with Gasteiger partial charge >= 0.3 is 0 Å². The number of para-hydroxylation sites is 1. The molecule has 0 fully saturated rings. The number of hydrogen-bond donors (Lipinski definition) is 0. The second-order valence-electron chi connectivity index (χ2n) is 14.6. The van der Waals surface area contributed by atoms with Gasteiger partial charge in [-0.25, -0.2) is 15.0 Å². The third-order valence-electron chi connectivity index (χ3n) is 11.3. The summed E-state index contributed by atoms with van der Waals surface area (Å²) in [6, 6.07) is 57.5. The van der Waals surface area contributed by atoms with Crippen molar-refractivity contribution in [2.45, 2.75) is 12.8 Å². The van der Waals surface area contributed by atoms with Gasteiger partial charge in [0, 0.05) is 64.1 Å². The Bertz CT molecular complexity index is 3340. The van der Waals surface area contributed by atoms with Gasteiger partial charge in [-0.3, -0.25) is 0 Å². The molecule has 57 heavy (non-hydrogen) atoms. The van der Waals surface area contributed by atoms with E-state index in [1.165, 1.54) is 47.5 Å². The van der Waals surface area contributed by atoms with Gasteiger partial charge < -0.3 is 8.98 Å². The third kappa shape index (κ3) is 5.04. The zero-order valence-electron chi connectivity index (χ0n) is 30.7. The first-order valence-corrected chi connectivity index (χ1v) is 20.1. The molecule has 268 valence electrons. The van der Waals surface area contributed by atoms with E-state index >= 15 is 0 Å². The maximum absolute atomic E-state index is 7.28. The van der Waals surface area contributed by atoms with Crippen LogP contribution in [0.25, 0.3) is 104 Å². The van der Waals surface area contributed by atoms with E-state index in [2.05, 4.69) is 114 Å². The number of allylic oxidation sites excluding steroid dienone is 1. The van der Waals surface area contributed by atoms with Crippen LogP contribution in [0.4, 0.5) is 0 Å². The topological polar surface area (TPSA) is 56.7 Å². The Morgan fingerprint density at radius 1 is 0.491 bits per heavy atom. The number of benzene rings is 7. The minimum Gasteiger partial charge on any atom is -0.454 e. The van der Waals surface area contributed by atoms with Crippen LogP contribution in [0.15, 0.2) is 174 Å². The predicted molar refractivity (Wildman–Crippen MR) is 235 cm³/mol. The average molecular weight is 749 g/mol. The lowest BCUT2D eigenvalue weighted by Gasteiger charge is -2.16. The second kappa shape index (κ2) is 12.7. The number of nitrogens with zero attached hydrogens (tertiary/aromatic N) is 4. The largest absolute Gasteiger partial charge is 0.454 e. The highest BCUT2D eigenvalue weighted by atomic mass is 32.1. The second-order valence-corrected chi connectivity index (χ2v) is 15.7. The molecule has 7 aromatic carbocycles. The fourth-order valence-corrected chi connectivity index (χ4v) is 9.88. The molecule has 0 radical (unpaired) electrons. The van der Waals surface area contributed by atoms with E-state index in [1.54, 1.807) is 0 Å². The van der Waals surface area contributed by atoms with Gasteiger partial charge in [0.05, 0.1) is 16.7 Å². The predicted octanol–water partition coefficient (Wildman–Crippen LogP) is 13.6. The van der Waals surface area contributed by atoms with Gasteiger partial charge in [-0.1, -0.05) is 140 Å². The molecule has 0 bridgehead atoms. The number of fused-ring (bicyclic) bond motifs is 9. The molecule has 0 atom stereocenters. The van der Waals surface area contributed by atoms with E-state index in [9.17, 15) is 0 Å². The highest BCUT2D eigenvalue weighted by molar-refractivity contribution is 7.25. The van der Waals surface area contributed by atoms with E-state index in [-0.39, 0.29) is 0 Å². The van der Waals surface area contributed by atoms with E-state index < -0.39 is 0 Å². The monoisotopic (exact) mass is 748 g/mol. The molecule has 12 rings (SSSR count). The number of rotatable bonds is 5. The van der Waals surface area contributed by atoms with Crippen LogP contribution in [0.5, 0.6) is 0 Å². The molecule has 4 aromatic heterocycles. The van der Waals surface area contributed by atoms with Crippen LogP contribution in [-0.4, -0.2) is 19.5 Å². The SMILES string of the molecule is C1=C(n2c3ccccc3c3cc4c(cc32)sc2ccccc24)c2oc3c(-c4ccccc4)c(-c4nc(-c5ccccc5)nc(-c5ccccc5)n4)ccc3c2CC1. The Hall–Kier alpha value is -7.15. The van der Waals surface area contributed by atoms with Gasteiger partial charge in [-0.05, 0) is 48.7 Å². The maximum atomic E-state index is 7.28. The molecule has 1 aliphatic carbocycles. The standard InChI is InChI=1S/C51H32N4OS/c1-4-15-31(16-5-1)46-38(51-53-49(32-17-6-2-7-18-32)52-50(54-51)33-19-8-3-9-20-33)28-27-37-36-23-14-25-42(47(36)56-48(37)46)55-41-24-12-10-21-34(41)39-29-40-35-22-11-13-26-44(35)57-45(40)30-43(39)55/h1-13,15-22,24-30H,14,23H2.